The minimum atomic E-state index is -1.39. The number of aromatic nitrogens is 3. The van der Waals surface area contributed by atoms with Crippen LogP contribution in [0.1, 0.15) is 11.1 Å². The lowest BCUT2D eigenvalue weighted by Crippen LogP contribution is -2.39. The molecule has 2 unspecified atom stereocenters. The molecule has 10 nitrogen and oxygen atoms in total. The van der Waals surface area contributed by atoms with E-state index in [9.17, 15) is 19.5 Å². The molecule has 2 N–H and O–H groups in total. The number of carbonyl (C=O) groups excluding carboxylic acids is 1. The SMILES string of the molecule is O=C1OC(C(O)Cn2ncc(=O)[nH]c2=O)C(OCc2ccccc2)=C1OCc1ccccc1. The Morgan fingerprint density at radius 2 is 1.58 bits per heavy atom. The van der Waals surface area contributed by atoms with Gasteiger partial charge in [-0.15, -0.1) is 0 Å². The Hall–Kier alpha value is -4.18. The summed E-state index contributed by atoms with van der Waals surface area (Å²) in [6.45, 7) is -0.157. The quantitative estimate of drug-likeness (QED) is 0.458. The van der Waals surface area contributed by atoms with Crippen LogP contribution >= 0.6 is 0 Å². The number of nitrogens with one attached hydrogen (secondary N) is 1. The van der Waals surface area contributed by atoms with Gasteiger partial charge in [-0.3, -0.25) is 9.78 Å². The summed E-state index contributed by atoms with van der Waals surface area (Å²) in [6, 6.07) is 18.5. The zero-order valence-electron chi connectivity index (χ0n) is 17.4. The van der Waals surface area contributed by atoms with Gasteiger partial charge < -0.3 is 19.3 Å². The molecule has 170 valence electrons. The van der Waals surface area contributed by atoms with Crippen LogP contribution in [-0.2, 0) is 38.8 Å². The van der Waals surface area contributed by atoms with Crippen LogP contribution in [0.25, 0.3) is 0 Å². The summed E-state index contributed by atoms with van der Waals surface area (Å²) in [5, 5.41) is 14.4. The minimum Gasteiger partial charge on any atom is -0.485 e. The molecule has 3 aromatic rings. The third-order valence-corrected chi connectivity index (χ3v) is 4.85. The lowest BCUT2D eigenvalue weighted by atomic mass is 10.1. The van der Waals surface area contributed by atoms with E-state index in [0.717, 1.165) is 22.0 Å². The highest BCUT2D eigenvalue weighted by Gasteiger charge is 2.42. The third-order valence-electron chi connectivity index (χ3n) is 4.85. The predicted molar refractivity (Wildman–Crippen MR) is 114 cm³/mol. The molecular formula is C23H21N3O7. The fourth-order valence-corrected chi connectivity index (χ4v) is 3.23. The molecule has 1 aromatic heterocycles. The van der Waals surface area contributed by atoms with Gasteiger partial charge in [-0.25, -0.2) is 14.3 Å². The lowest BCUT2D eigenvalue weighted by molar-refractivity contribution is -0.148. The van der Waals surface area contributed by atoms with Crippen molar-refractivity contribution in [3.8, 4) is 0 Å². The fourth-order valence-electron chi connectivity index (χ4n) is 3.23. The Bertz CT molecular complexity index is 1250. The summed E-state index contributed by atoms with van der Waals surface area (Å²) in [7, 11) is 0. The van der Waals surface area contributed by atoms with Crippen LogP contribution in [0.2, 0.25) is 0 Å². The maximum atomic E-state index is 12.6. The van der Waals surface area contributed by atoms with Gasteiger partial charge in [-0.2, -0.15) is 5.10 Å². The van der Waals surface area contributed by atoms with Gasteiger partial charge in [0.15, 0.2) is 11.9 Å². The van der Waals surface area contributed by atoms with Crippen molar-refractivity contribution in [2.75, 3.05) is 0 Å². The van der Waals surface area contributed by atoms with Crippen LogP contribution in [0.3, 0.4) is 0 Å². The van der Waals surface area contributed by atoms with Gasteiger partial charge >= 0.3 is 11.7 Å². The first-order valence-corrected chi connectivity index (χ1v) is 10.1. The molecule has 0 saturated carbocycles. The van der Waals surface area contributed by atoms with Crippen molar-refractivity contribution >= 4 is 5.97 Å². The first kappa shape index (κ1) is 22.0. The van der Waals surface area contributed by atoms with E-state index in [1.165, 1.54) is 0 Å². The number of benzene rings is 2. The van der Waals surface area contributed by atoms with Crippen LogP contribution in [0.4, 0.5) is 0 Å². The molecule has 2 atom stereocenters. The molecule has 0 bridgehead atoms. The first-order valence-electron chi connectivity index (χ1n) is 10.1. The summed E-state index contributed by atoms with van der Waals surface area (Å²) in [5.41, 5.74) is 0.190. The molecule has 33 heavy (non-hydrogen) atoms. The van der Waals surface area contributed by atoms with E-state index in [1.54, 1.807) is 0 Å². The molecule has 0 fully saturated rings. The normalized spacial score (nSPS) is 16.4. The van der Waals surface area contributed by atoms with E-state index in [2.05, 4.69) is 10.1 Å². The number of nitrogens with zero attached hydrogens (tertiary/aromatic N) is 2. The molecule has 4 rings (SSSR count). The maximum absolute atomic E-state index is 12.6. The van der Waals surface area contributed by atoms with Gasteiger partial charge in [0, 0.05) is 0 Å². The second-order valence-electron chi connectivity index (χ2n) is 7.26. The molecular weight excluding hydrogens is 430 g/mol. The molecule has 0 spiro atoms. The summed E-state index contributed by atoms with van der Waals surface area (Å²) < 4.78 is 17.8. The number of aliphatic hydroxyl groups is 1. The first-order chi connectivity index (χ1) is 16.0. The second kappa shape index (κ2) is 9.96. The number of ether oxygens (including phenoxy) is 3. The number of rotatable bonds is 9. The van der Waals surface area contributed by atoms with Gasteiger partial charge in [0.05, 0.1) is 6.54 Å². The average Bonchev–Trinajstić information content (AvgIpc) is 3.14. The van der Waals surface area contributed by atoms with Crippen LogP contribution in [0.15, 0.2) is 88.0 Å². The summed E-state index contributed by atoms with van der Waals surface area (Å²) in [5.74, 6) is -0.926. The van der Waals surface area contributed by atoms with E-state index in [1.807, 2.05) is 60.7 Å². The van der Waals surface area contributed by atoms with Crippen LogP contribution in [0, 0.1) is 0 Å². The summed E-state index contributed by atoms with van der Waals surface area (Å²) >= 11 is 0. The molecule has 1 aliphatic heterocycles. The zero-order valence-corrected chi connectivity index (χ0v) is 17.4. The highest BCUT2D eigenvalue weighted by atomic mass is 16.6. The number of hydrogen-bond acceptors (Lipinski definition) is 8. The fraction of sp³-hybridized carbons (Fsp3) is 0.217. The van der Waals surface area contributed by atoms with Gasteiger partial charge in [0.25, 0.3) is 5.56 Å². The van der Waals surface area contributed by atoms with E-state index in [4.69, 9.17) is 14.2 Å². The van der Waals surface area contributed by atoms with E-state index >= 15 is 0 Å². The topological polar surface area (TPSA) is 133 Å². The zero-order chi connectivity index (χ0) is 23.2. The molecule has 0 amide bonds. The average molecular weight is 451 g/mol. The molecule has 0 radical (unpaired) electrons. The molecule has 0 aliphatic carbocycles. The van der Waals surface area contributed by atoms with Crippen molar-refractivity contribution in [2.24, 2.45) is 0 Å². The third kappa shape index (κ3) is 5.36. The molecule has 10 heteroatoms. The summed E-state index contributed by atoms with van der Waals surface area (Å²) in [4.78, 5) is 37.8. The standard InChI is InChI=1S/C23H21N3O7/c27-17(12-26-23(30)25-18(28)11-24-26)19-20(31-13-15-7-3-1-4-8-15)21(22(29)33-19)32-14-16-9-5-2-6-10-16/h1-11,17,19,27H,12-14H2,(H,25,28,30). The largest absolute Gasteiger partial charge is 0.485 e. The maximum Gasteiger partial charge on any atom is 0.378 e. The van der Waals surface area contributed by atoms with Crippen LogP contribution in [0.5, 0.6) is 0 Å². The summed E-state index contributed by atoms with van der Waals surface area (Å²) in [6.07, 6.45) is -1.72. The number of cyclic esters (lactones) is 1. The van der Waals surface area contributed by atoms with E-state index in [0.29, 0.717) is 0 Å². The van der Waals surface area contributed by atoms with Gasteiger partial charge in [0.1, 0.15) is 25.5 Å². The number of H-pyrrole nitrogens is 1. The number of esters is 1. The monoisotopic (exact) mass is 451 g/mol. The Kier molecular flexibility index (Phi) is 6.65. The Labute approximate surface area is 187 Å². The van der Waals surface area contributed by atoms with E-state index < -0.39 is 29.4 Å². The number of aliphatic hydroxyl groups excluding tert-OH is 1. The molecule has 2 heterocycles. The highest BCUT2D eigenvalue weighted by molar-refractivity contribution is 5.89. The highest BCUT2D eigenvalue weighted by Crippen LogP contribution is 2.29. The number of hydrogen-bond donors (Lipinski definition) is 2. The van der Waals surface area contributed by atoms with Crippen molar-refractivity contribution in [3.05, 3.63) is 110 Å². The van der Waals surface area contributed by atoms with Crippen molar-refractivity contribution in [3.63, 3.8) is 0 Å². The van der Waals surface area contributed by atoms with Crippen LogP contribution in [-0.4, -0.2) is 38.0 Å². The Balaban J connectivity index is 1.58. The van der Waals surface area contributed by atoms with Crippen LogP contribution < -0.4 is 11.2 Å². The minimum absolute atomic E-state index is 0.0183. The van der Waals surface area contributed by atoms with Crippen molar-refractivity contribution < 1.29 is 24.1 Å². The molecule has 0 saturated heterocycles. The molecule has 1 aliphatic rings. The smallest absolute Gasteiger partial charge is 0.378 e. The van der Waals surface area contributed by atoms with Gasteiger partial charge in [0.2, 0.25) is 5.76 Å². The second-order valence-corrected chi connectivity index (χ2v) is 7.26. The van der Waals surface area contributed by atoms with Crippen molar-refractivity contribution in [1.29, 1.82) is 0 Å². The van der Waals surface area contributed by atoms with Gasteiger partial charge in [-0.1, -0.05) is 60.7 Å². The number of aromatic amines is 1. The van der Waals surface area contributed by atoms with Crippen molar-refractivity contribution in [1.82, 2.24) is 14.8 Å². The van der Waals surface area contributed by atoms with Gasteiger partial charge in [-0.05, 0) is 11.1 Å². The van der Waals surface area contributed by atoms with Crippen molar-refractivity contribution in [2.45, 2.75) is 32.0 Å². The predicted octanol–water partition coefficient (Wildman–Crippen LogP) is 0.863. The Morgan fingerprint density at radius 1 is 0.970 bits per heavy atom. The lowest BCUT2D eigenvalue weighted by Gasteiger charge is -2.20. The molecule has 2 aromatic carbocycles. The number of carbonyl (C=O) groups is 1. The Morgan fingerprint density at radius 3 is 2.18 bits per heavy atom. The van der Waals surface area contributed by atoms with E-state index in [-0.39, 0.29) is 31.3 Å².